The van der Waals surface area contributed by atoms with E-state index in [-0.39, 0.29) is 5.97 Å². The summed E-state index contributed by atoms with van der Waals surface area (Å²) < 4.78 is 5.65. The van der Waals surface area contributed by atoms with Gasteiger partial charge in [0.2, 0.25) is 0 Å². The second kappa shape index (κ2) is 9.78. The molecule has 0 aliphatic rings. The lowest BCUT2D eigenvalue weighted by Crippen LogP contribution is -2.21. The summed E-state index contributed by atoms with van der Waals surface area (Å²) >= 11 is 0. The number of carbonyl (C=O) groups excluding carboxylic acids is 1. The number of anilines is 2. The van der Waals surface area contributed by atoms with Crippen molar-refractivity contribution in [2.75, 3.05) is 17.6 Å². The van der Waals surface area contributed by atoms with E-state index in [4.69, 9.17) is 16.3 Å². The Bertz CT molecular complexity index is 845. The highest BCUT2D eigenvalue weighted by Gasteiger charge is 2.22. The fraction of sp³-hybridized carbons (Fsp3) is 0.364. The van der Waals surface area contributed by atoms with E-state index in [0.29, 0.717) is 6.54 Å². The maximum absolute atomic E-state index is 11.7. The molecule has 0 spiro atoms. The number of ether oxygens (including phenoxy) is 1. The molecule has 0 aliphatic heterocycles. The van der Waals surface area contributed by atoms with Crippen LogP contribution in [0.4, 0.5) is 11.4 Å². The summed E-state index contributed by atoms with van der Waals surface area (Å²) in [6.45, 7) is 8.09. The number of carbonyl (C=O) groups is 1. The number of benzene rings is 2. The van der Waals surface area contributed by atoms with Crippen molar-refractivity contribution in [1.82, 2.24) is 0 Å². The van der Waals surface area contributed by atoms with E-state index in [2.05, 4.69) is 30.3 Å². The van der Waals surface area contributed by atoms with E-state index in [1.807, 2.05) is 31.2 Å². The average Bonchev–Trinajstić information content (AvgIpc) is 2.66. The number of aryl methyl sites for hydroxylation is 1. The molecule has 0 heterocycles. The lowest BCUT2D eigenvalue weighted by atomic mass is 9.91. The summed E-state index contributed by atoms with van der Waals surface area (Å²) in [7, 11) is 0. The summed E-state index contributed by atoms with van der Waals surface area (Å²) in [6.07, 6.45) is 2.81. The molecule has 1 unspecified atom stereocenters. The number of nitrogens with zero attached hydrogens (tertiary/aromatic N) is 1. The standard InChI is InChI=1S/C22H30N4O2/c1-5-18-14(3)11-20(19(6-2)22(18)23)21(28-15(4)27)13-25-17-9-7-16(8-10-17)12-26-24/h7-12,21,25H,5-6,13,23-24H2,1-4H3. The summed E-state index contributed by atoms with van der Waals surface area (Å²) in [6, 6.07) is 9.79. The van der Waals surface area contributed by atoms with Gasteiger partial charge in [-0.2, -0.15) is 5.10 Å². The van der Waals surface area contributed by atoms with E-state index in [1.54, 1.807) is 6.21 Å². The first-order chi connectivity index (χ1) is 13.4. The molecule has 6 heteroatoms. The van der Waals surface area contributed by atoms with Crippen molar-refractivity contribution < 1.29 is 9.53 Å². The normalized spacial score (nSPS) is 12.1. The lowest BCUT2D eigenvalue weighted by Gasteiger charge is -2.24. The molecule has 0 saturated heterocycles. The third-order valence-electron chi connectivity index (χ3n) is 4.83. The molecule has 0 radical (unpaired) electrons. The molecule has 0 aliphatic carbocycles. The molecule has 0 aromatic heterocycles. The zero-order valence-corrected chi connectivity index (χ0v) is 17.1. The van der Waals surface area contributed by atoms with Crippen molar-refractivity contribution in [3.8, 4) is 0 Å². The first kappa shape index (κ1) is 21.3. The van der Waals surface area contributed by atoms with Gasteiger partial charge in [0.1, 0.15) is 6.10 Å². The maximum Gasteiger partial charge on any atom is 0.303 e. The van der Waals surface area contributed by atoms with Crippen LogP contribution in [0.15, 0.2) is 35.4 Å². The van der Waals surface area contributed by atoms with Crippen molar-refractivity contribution in [2.24, 2.45) is 10.9 Å². The molecule has 0 bridgehead atoms. The van der Waals surface area contributed by atoms with Crippen molar-refractivity contribution in [3.05, 3.63) is 58.1 Å². The van der Waals surface area contributed by atoms with Gasteiger partial charge in [-0.15, -0.1) is 0 Å². The van der Waals surface area contributed by atoms with Gasteiger partial charge < -0.3 is 21.6 Å². The topological polar surface area (TPSA) is 103 Å². The Balaban J connectivity index is 2.32. The number of hydrogen-bond donors (Lipinski definition) is 3. The van der Waals surface area contributed by atoms with Gasteiger partial charge in [-0.05, 0) is 59.7 Å². The van der Waals surface area contributed by atoms with Crippen LogP contribution < -0.4 is 16.9 Å². The van der Waals surface area contributed by atoms with Crippen molar-refractivity contribution in [1.29, 1.82) is 0 Å². The van der Waals surface area contributed by atoms with Crippen molar-refractivity contribution >= 4 is 23.6 Å². The fourth-order valence-corrected chi connectivity index (χ4v) is 3.51. The predicted octanol–water partition coefficient (Wildman–Crippen LogP) is 3.71. The number of rotatable bonds is 8. The number of esters is 1. The monoisotopic (exact) mass is 382 g/mol. The van der Waals surface area contributed by atoms with Crippen molar-refractivity contribution in [2.45, 2.75) is 46.6 Å². The highest BCUT2D eigenvalue weighted by Crippen LogP contribution is 2.32. The van der Waals surface area contributed by atoms with Gasteiger partial charge in [-0.3, -0.25) is 4.79 Å². The Morgan fingerprint density at radius 3 is 2.39 bits per heavy atom. The van der Waals surface area contributed by atoms with E-state index < -0.39 is 6.10 Å². The molecule has 0 amide bonds. The van der Waals surface area contributed by atoms with Crippen LogP contribution in [0.5, 0.6) is 0 Å². The van der Waals surface area contributed by atoms with Gasteiger partial charge in [0, 0.05) is 18.3 Å². The van der Waals surface area contributed by atoms with Crippen LogP contribution in [0.25, 0.3) is 0 Å². The second-order valence-corrected chi connectivity index (χ2v) is 6.74. The molecule has 1 atom stereocenters. The fourth-order valence-electron chi connectivity index (χ4n) is 3.51. The van der Waals surface area contributed by atoms with Crippen LogP contribution in [0.3, 0.4) is 0 Å². The lowest BCUT2D eigenvalue weighted by molar-refractivity contribution is -0.146. The molecule has 150 valence electrons. The molecule has 2 aromatic carbocycles. The third kappa shape index (κ3) is 5.03. The zero-order valence-electron chi connectivity index (χ0n) is 17.1. The van der Waals surface area contributed by atoms with Crippen molar-refractivity contribution in [3.63, 3.8) is 0 Å². The molecule has 2 rings (SSSR count). The second-order valence-electron chi connectivity index (χ2n) is 6.74. The molecule has 5 N–H and O–H groups in total. The molecular formula is C22H30N4O2. The van der Waals surface area contributed by atoms with Gasteiger partial charge in [0.15, 0.2) is 0 Å². The number of nitrogen functional groups attached to an aromatic ring is 1. The van der Waals surface area contributed by atoms with Crippen LogP contribution in [-0.4, -0.2) is 18.7 Å². The van der Waals surface area contributed by atoms with E-state index in [0.717, 1.165) is 52.0 Å². The Labute approximate surface area is 167 Å². The summed E-state index contributed by atoms with van der Waals surface area (Å²) in [5.74, 6) is 4.85. The van der Waals surface area contributed by atoms with Crippen LogP contribution in [0, 0.1) is 6.92 Å². The van der Waals surface area contributed by atoms with Crippen LogP contribution >= 0.6 is 0 Å². The van der Waals surface area contributed by atoms with Gasteiger partial charge in [0.05, 0.1) is 12.8 Å². The van der Waals surface area contributed by atoms with Crippen LogP contribution in [0.2, 0.25) is 0 Å². The van der Waals surface area contributed by atoms with Crippen LogP contribution in [-0.2, 0) is 22.4 Å². The van der Waals surface area contributed by atoms with Gasteiger partial charge in [-0.25, -0.2) is 0 Å². The summed E-state index contributed by atoms with van der Waals surface area (Å²) in [4.78, 5) is 11.7. The predicted molar refractivity (Wildman–Crippen MR) is 116 cm³/mol. The smallest absolute Gasteiger partial charge is 0.303 e. The summed E-state index contributed by atoms with van der Waals surface area (Å²) in [5, 5.41) is 6.86. The Morgan fingerprint density at radius 2 is 1.86 bits per heavy atom. The molecule has 0 fully saturated rings. The average molecular weight is 383 g/mol. The number of hydrogen-bond acceptors (Lipinski definition) is 6. The Hall–Kier alpha value is -3.02. The van der Waals surface area contributed by atoms with E-state index in [9.17, 15) is 4.79 Å². The SMILES string of the molecule is CCc1c(C)cc(C(CNc2ccc(C=NN)cc2)OC(C)=O)c(CC)c1N. The van der Waals surface area contributed by atoms with Gasteiger partial charge in [-0.1, -0.05) is 32.0 Å². The first-order valence-corrected chi connectivity index (χ1v) is 9.56. The zero-order chi connectivity index (χ0) is 20.7. The maximum atomic E-state index is 11.7. The molecule has 2 aromatic rings. The Morgan fingerprint density at radius 1 is 1.21 bits per heavy atom. The van der Waals surface area contributed by atoms with E-state index >= 15 is 0 Å². The number of hydrazone groups is 1. The first-order valence-electron chi connectivity index (χ1n) is 9.56. The molecule has 0 saturated carbocycles. The van der Waals surface area contributed by atoms with Crippen LogP contribution in [0.1, 0.15) is 54.7 Å². The highest BCUT2D eigenvalue weighted by molar-refractivity contribution is 5.80. The minimum Gasteiger partial charge on any atom is -0.456 e. The third-order valence-corrected chi connectivity index (χ3v) is 4.83. The molecule has 6 nitrogen and oxygen atoms in total. The van der Waals surface area contributed by atoms with E-state index in [1.165, 1.54) is 6.92 Å². The van der Waals surface area contributed by atoms with Gasteiger partial charge in [0.25, 0.3) is 0 Å². The molecule has 28 heavy (non-hydrogen) atoms. The van der Waals surface area contributed by atoms with Gasteiger partial charge >= 0.3 is 5.97 Å². The number of nitrogens with one attached hydrogen (secondary N) is 1. The summed E-state index contributed by atoms with van der Waals surface area (Å²) in [5.41, 5.74) is 13.4. The number of nitrogens with two attached hydrogens (primary N) is 2. The minimum atomic E-state index is -0.426. The quantitative estimate of drug-likeness (QED) is 0.212. The Kier molecular flexibility index (Phi) is 7.44. The molecular weight excluding hydrogens is 352 g/mol. The highest BCUT2D eigenvalue weighted by atomic mass is 16.5. The largest absolute Gasteiger partial charge is 0.456 e. The minimum absolute atomic E-state index is 0.320.